The van der Waals surface area contributed by atoms with Gasteiger partial charge in [-0.05, 0) is 36.6 Å². The highest BCUT2D eigenvalue weighted by molar-refractivity contribution is 7.98. The second-order valence-corrected chi connectivity index (χ2v) is 7.22. The standard InChI is InChI=1S/C21H20ClNO5S/c1-25-17-8-13(9-18(26-2)19(17)27-3)21(24)28-11-14-7-12-5-6-15(29-4)10-16(12)23-20(14)22/h5-10H,11H2,1-4H3. The van der Waals surface area contributed by atoms with Crippen molar-refractivity contribution in [2.45, 2.75) is 11.5 Å². The molecule has 3 aromatic rings. The summed E-state index contributed by atoms with van der Waals surface area (Å²) in [5, 5.41) is 1.22. The molecule has 0 atom stereocenters. The molecule has 0 saturated carbocycles. The van der Waals surface area contributed by atoms with E-state index >= 15 is 0 Å². The Bertz CT molecular complexity index is 1030. The van der Waals surface area contributed by atoms with Crippen LogP contribution < -0.4 is 14.2 Å². The van der Waals surface area contributed by atoms with Crippen LogP contribution in [0.25, 0.3) is 10.9 Å². The Morgan fingerprint density at radius 1 is 1.03 bits per heavy atom. The number of hydrogen-bond acceptors (Lipinski definition) is 7. The van der Waals surface area contributed by atoms with E-state index in [-0.39, 0.29) is 12.2 Å². The van der Waals surface area contributed by atoms with E-state index in [1.54, 1.807) is 11.8 Å². The zero-order valence-electron chi connectivity index (χ0n) is 16.4. The van der Waals surface area contributed by atoms with Crippen LogP contribution in [-0.2, 0) is 11.3 Å². The van der Waals surface area contributed by atoms with Crippen LogP contribution in [-0.4, -0.2) is 38.5 Å². The van der Waals surface area contributed by atoms with Gasteiger partial charge in [0.15, 0.2) is 11.5 Å². The van der Waals surface area contributed by atoms with Crippen LogP contribution in [0.5, 0.6) is 17.2 Å². The zero-order chi connectivity index (χ0) is 21.0. The minimum absolute atomic E-state index is 0.0124. The van der Waals surface area contributed by atoms with Gasteiger partial charge in [0.2, 0.25) is 5.75 Å². The van der Waals surface area contributed by atoms with E-state index in [1.807, 2.05) is 30.5 Å². The van der Waals surface area contributed by atoms with E-state index in [1.165, 1.54) is 33.5 Å². The molecule has 2 aromatic carbocycles. The van der Waals surface area contributed by atoms with Crippen molar-refractivity contribution >= 4 is 40.2 Å². The highest BCUT2D eigenvalue weighted by Crippen LogP contribution is 2.38. The van der Waals surface area contributed by atoms with Gasteiger partial charge in [-0.15, -0.1) is 11.8 Å². The number of carbonyl (C=O) groups excluding carboxylic acids is 1. The van der Waals surface area contributed by atoms with Crippen LogP contribution in [0.4, 0.5) is 0 Å². The average Bonchev–Trinajstić information content (AvgIpc) is 2.75. The van der Waals surface area contributed by atoms with Crippen molar-refractivity contribution in [3.63, 3.8) is 0 Å². The molecule has 1 aromatic heterocycles. The Balaban J connectivity index is 1.82. The predicted octanol–water partition coefficient (Wildman–Crippen LogP) is 4.99. The summed E-state index contributed by atoms with van der Waals surface area (Å²) >= 11 is 7.93. The van der Waals surface area contributed by atoms with E-state index in [9.17, 15) is 4.79 Å². The normalized spacial score (nSPS) is 10.7. The number of carbonyl (C=O) groups is 1. The number of nitrogens with zero attached hydrogens (tertiary/aromatic N) is 1. The second kappa shape index (κ2) is 9.24. The number of thioether (sulfide) groups is 1. The van der Waals surface area contributed by atoms with E-state index in [0.717, 1.165) is 15.8 Å². The molecule has 0 fully saturated rings. The number of benzene rings is 2. The summed E-state index contributed by atoms with van der Waals surface area (Å²) in [6.07, 6.45) is 2.00. The van der Waals surface area contributed by atoms with Crippen LogP contribution in [0.2, 0.25) is 5.15 Å². The molecular weight excluding hydrogens is 414 g/mol. The van der Waals surface area contributed by atoms with E-state index in [0.29, 0.717) is 28.0 Å². The average molecular weight is 434 g/mol. The third kappa shape index (κ3) is 4.52. The van der Waals surface area contributed by atoms with Gasteiger partial charge in [0.1, 0.15) is 11.8 Å². The van der Waals surface area contributed by atoms with Gasteiger partial charge in [-0.1, -0.05) is 17.7 Å². The number of methoxy groups -OCH3 is 3. The summed E-state index contributed by atoms with van der Waals surface area (Å²) < 4.78 is 21.3. The monoisotopic (exact) mass is 433 g/mol. The van der Waals surface area contributed by atoms with Gasteiger partial charge in [0.05, 0.1) is 32.4 Å². The lowest BCUT2D eigenvalue weighted by Gasteiger charge is -2.14. The van der Waals surface area contributed by atoms with Gasteiger partial charge in [-0.3, -0.25) is 0 Å². The lowest BCUT2D eigenvalue weighted by atomic mass is 10.1. The van der Waals surface area contributed by atoms with E-state index in [4.69, 9.17) is 30.5 Å². The minimum atomic E-state index is -0.543. The number of rotatable bonds is 7. The van der Waals surface area contributed by atoms with Crippen molar-refractivity contribution in [1.82, 2.24) is 4.98 Å². The fraction of sp³-hybridized carbons (Fsp3) is 0.238. The zero-order valence-corrected chi connectivity index (χ0v) is 18.0. The molecule has 0 amide bonds. The molecule has 1 heterocycles. The van der Waals surface area contributed by atoms with Gasteiger partial charge in [0, 0.05) is 15.8 Å². The number of fused-ring (bicyclic) bond motifs is 1. The minimum Gasteiger partial charge on any atom is -0.493 e. The van der Waals surface area contributed by atoms with Crippen molar-refractivity contribution < 1.29 is 23.7 Å². The maximum absolute atomic E-state index is 12.6. The highest BCUT2D eigenvalue weighted by Gasteiger charge is 2.18. The smallest absolute Gasteiger partial charge is 0.338 e. The van der Waals surface area contributed by atoms with Gasteiger partial charge in [-0.25, -0.2) is 9.78 Å². The summed E-state index contributed by atoms with van der Waals surface area (Å²) in [5.41, 5.74) is 1.69. The lowest BCUT2D eigenvalue weighted by Crippen LogP contribution is -2.07. The Morgan fingerprint density at radius 2 is 1.72 bits per heavy atom. The summed E-state index contributed by atoms with van der Waals surface area (Å²) in [6, 6.07) is 10.9. The highest BCUT2D eigenvalue weighted by atomic mass is 35.5. The molecular formula is C21H20ClNO5S. The van der Waals surface area contributed by atoms with E-state index < -0.39 is 5.97 Å². The first-order valence-corrected chi connectivity index (χ1v) is 10.2. The maximum atomic E-state index is 12.6. The molecule has 0 unspecified atom stereocenters. The number of halogens is 1. The molecule has 0 saturated heterocycles. The quantitative estimate of drug-likeness (QED) is 0.295. The molecule has 3 rings (SSSR count). The molecule has 29 heavy (non-hydrogen) atoms. The second-order valence-electron chi connectivity index (χ2n) is 5.99. The SMILES string of the molecule is COc1cc(C(=O)OCc2cc3ccc(SC)cc3nc2Cl)cc(OC)c1OC. The Labute approximate surface area is 178 Å². The molecule has 0 N–H and O–H groups in total. The topological polar surface area (TPSA) is 66.9 Å². The number of esters is 1. The molecule has 0 spiro atoms. The number of ether oxygens (including phenoxy) is 4. The molecule has 152 valence electrons. The summed E-state index contributed by atoms with van der Waals surface area (Å²) in [5.74, 6) is 0.596. The van der Waals surface area contributed by atoms with Gasteiger partial charge < -0.3 is 18.9 Å². The van der Waals surface area contributed by atoms with Gasteiger partial charge >= 0.3 is 5.97 Å². The van der Waals surface area contributed by atoms with Crippen LogP contribution in [0.15, 0.2) is 41.3 Å². The largest absolute Gasteiger partial charge is 0.493 e. The van der Waals surface area contributed by atoms with Crippen molar-refractivity contribution in [2.24, 2.45) is 0 Å². The van der Waals surface area contributed by atoms with Crippen LogP contribution in [0.3, 0.4) is 0 Å². The van der Waals surface area contributed by atoms with Crippen molar-refractivity contribution in [3.05, 3.63) is 52.7 Å². The van der Waals surface area contributed by atoms with Crippen LogP contribution >= 0.6 is 23.4 Å². The number of pyridine rings is 1. The first kappa shape index (κ1) is 21.1. The summed E-state index contributed by atoms with van der Waals surface area (Å²) in [6.45, 7) is -0.0124. The molecule has 0 aliphatic heterocycles. The first-order valence-electron chi connectivity index (χ1n) is 8.61. The van der Waals surface area contributed by atoms with Gasteiger partial charge in [-0.2, -0.15) is 0 Å². The predicted molar refractivity (Wildman–Crippen MR) is 114 cm³/mol. The molecule has 0 radical (unpaired) electrons. The molecule has 0 bridgehead atoms. The molecule has 0 aliphatic rings. The summed E-state index contributed by atoms with van der Waals surface area (Å²) in [7, 11) is 4.46. The molecule has 6 nitrogen and oxygen atoms in total. The van der Waals surface area contributed by atoms with Gasteiger partial charge in [0.25, 0.3) is 0 Å². The van der Waals surface area contributed by atoms with E-state index in [2.05, 4.69) is 4.98 Å². The maximum Gasteiger partial charge on any atom is 0.338 e. The van der Waals surface area contributed by atoms with Crippen LogP contribution in [0, 0.1) is 0 Å². The third-order valence-corrected chi connectivity index (χ3v) is 5.36. The third-order valence-electron chi connectivity index (χ3n) is 4.31. The fourth-order valence-electron chi connectivity index (χ4n) is 2.82. The lowest BCUT2D eigenvalue weighted by molar-refractivity contribution is 0.0472. The Hall–Kier alpha value is -2.64. The van der Waals surface area contributed by atoms with Crippen molar-refractivity contribution in [2.75, 3.05) is 27.6 Å². The van der Waals surface area contributed by atoms with Crippen LogP contribution in [0.1, 0.15) is 15.9 Å². The molecule has 8 heteroatoms. The Morgan fingerprint density at radius 3 is 2.31 bits per heavy atom. The summed E-state index contributed by atoms with van der Waals surface area (Å²) in [4.78, 5) is 18.1. The van der Waals surface area contributed by atoms with Crippen molar-refractivity contribution in [3.8, 4) is 17.2 Å². The number of aromatic nitrogens is 1. The Kier molecular flexibility index (Phi) is 6.71. The van der Waals surface area contributed by atoms with Crippen molar-refractivity contribution in [1.29, 1.82) is 0 Å². The number of hydrogen-bond donors (Lipinski definition) is 0. The molecule has 0 aliphatic carbocycles. The first-order chi connectivity index (χ1) is 14.0. The fourth-order valence-corrected chi connectivity index (χ4v) is 3.45.